The van der Waals surface area contributed by atoms with Crippen molar-refractivity contribution >= 4 is 11.7 Å². The largest absolute Gasteiger partial charge is 0.478 e. The number of carbonyl (C=O) groups excluding carboxylic acids is 1. The lowest BCUT2D eigenvalue weighted by Crippen LogP contribution is -2.42. The summed E-state index contributed by atoms with van der Waals surface area (Å²) in [5.74, 6) is 1.12. The molecule has 23 heavy (non-hydrogen) atoms. The summed E-state index contributed by atoms with van der Waals surface area (Å²) in [6.07, 6.45) is 6.70. The zero-order chi connectivity index (χ0) is 16.2. The number of piperidine rings is 1. The average molecular weight is 316 g/mol. The number of aromatic nitrogens is 4. The highest BCUT2D eigenvalue weighted by atomic mass is 16.5. The van der Waals surface area contributed by atoms with Crippen LogP contribution in [0.25, 0.3) is 0 Å². The molecule has 0 atom stereocenters. The summed E-state index contributed by atoms with van der Waals surface area (Å²) in [5.41, 5.74) is 0.495. The van der Waals surface area contributed by atoms with Crippen LogP contribution in [0.15, 0.2) is 24.7 Å². The smallest absolute Gasteiger partial charge is 0.274 e. The zero-order valence-corrected chi connectivity index (χ0v) is 13.3. The van der Waals surface area contributed by atoms with Crippen molar-refractivity contribution in [3.8, 4) is 5.88 Å². The first kappa shape index (κ1) is 15.3. The number of amides is 1. The molecule has 0 aromatic carbocycles. The van der Waals surface area contributed by atoms with Gasteiger partial charge in [0.2, 0.25) is 0 Å². The van der Waals surface area contributed by atoms with E-state index in [1.165, 1.54) is 0 Å². The van der Waals surface area contributed by atoms with E-state index in [2.05, 4.69) is 20.4 Å². The quantitative estimate of drug-likeness (QED) is 0.903. The molecule has 3 rings (SSSR count). The minimum absolute atomic E-state index is 0.0128. The van der Waals surface area contributed by atoms with E-state index in [4.69, 9.17) is 4.74 Å². The predicted octanol–water partition coefficient (Wildman–Crippen LogP) is 0.935. The van der Waals surface area contributed by atoms with Gasteiger partial charge in [0.05, 0.1) is 7.11 Å². The monoisotopic (exact) mass is 316 g/mol. The lowest BCUT2D eigenvalue weighted by Gasteiger charge is -2.32. The van der Waals surface area contributed by atoms with Crippen molar-refractivity contribution in [3.63, 3.8) is 0 Å². The van der Waals surface area contributed by atoms with Crippen molar-refractivity contribution < 1.29 is 9.53 Å². The number of nitrogens with one attached hydrogen (secondary N) is 1. The molecular weight excluding hydrogens is 296 g/mol. The third-order valence-electron chi connectivity index (χ3n) is 3.91. The fraction of sp³-hybridized carbons (Fsp3) is 0.467. The molecule has 0 spiro atoms. The van der Waals surface area contributed by atoms with E-state index < -0.39 is 0 Å². The molecule has 2 aromatic heterocycles. The Labute approximate surface area is 134 Å². The van der Waals surface area contributed by atoms with E-state index in [1.54, 1.807) is 43.5 Å². The molecule has 0 saturated carbocycles. The van der Waals surface area contributed by atoms with Gasteiger partial charge in [-0.1, -0.05) is 0 Å². The van der Waals surface area contributed by atoms with Gasteiger partial charge in [0.1, 0.15) is 5.69 Å². The molecule has 8 nitrogen and oxygen atoms in total. The van der Waals surface area contributed by atoms with Crippen LogP contribution < -0.4 is 10.1 Å². The second-order valence-electron chi connectivity index (χ2n) is 5.50. The van der Waals surface area contributed by atoms with Gasteiger partial charge in [0, 0.05) is 44.8 Å². The zero-order valence-electron chi connectivity index (χ0n) is 13.3. The molecule has 1 amide bonds. The van der Waals surface area contributed by atoms with Crippen molar-refractivity contribution in [1.82, 2.24) is 24.6 Å². The molecule has 0 aliphatic carbocycles. The summed E-state index contributed by atoms with van der Waals surface area (Å²) in [6, 6.07) is 1.99. The van der Waals surface area contributed by atoms with Crippen LogP contribution in [0.4, 0.5) is 5.82 Å². The highest BCUT2D eigenvalue weighted by molar-refractivity contribution is 5.92. The topological polar surface area (TPSA) is 85.2 Å². The predicted molar refractivity (Wildman–Crippen MR) is 84.3 cm³/mol. The van der Waals surface area contributed by atoms with Gasteiger partial charge in [-0.2, -0.15) is 5.10 Å². The Bertz CT molecular complexity index is 678. The number of nitrogens with zero attached hydrogens (tertiary/aromatic N) is 5. The van der Waals surface area contributed by atoms with Gasteiger partial charge in [-0.15, -0.1) is 0 Å². The molecule has 1 fully saturated rings. The van der Waals surface area contributed by atoms with Gasteiger partial charge in [-0.25, -0.2) is 9.97 Å². The number of aryl methyl sites for hydroxylation is 1. The van der Waals surface area contributed by atoms with E-state index in [0.717, 1.165) is 12.8 Å². The first-order valence-electron chi connectivity index (χ1n) is 7.58. The van der Waals surface area contributed by atoms with Crippen molar-refractivity contribution in [2.24, 2.45) is 7.05 Å². The minimum Gasteiger partial charge on any atom is -0.478 e. The van der Waals surface area contributed by atoms with E-state index in [0.29, 0.717) is 30.5 Å². The minimum atomic E-state index is -0.0128. The Morgan fingerprint density at radius 3 is 2.70 bits per heavy atom. The molecule has 3 heterocycles. The van der Waals surface area contributed by atoms with Gasteiger partial charge in [-0.05, 0) is 18.9 Å². The maximum Gasteiger partial charge on any atom is 0.274 e. The number of carbonyl (C=O) groups is 1. The fourth-order valence-electron chi connectivity index (χ4n) is 2.69. The van der Waals surface area contributed by atoms with Crippen LogP contribution in [0.2, 0.25) is 0 Å². The first-order chi connectivity index (χ1) is 11.2. The van der Waals surface area contributed by atoms with Gasteiger partial charge in [0.15, 0.2) is 5.82 Å². The SMILES string of the molecule is COc1nccnc1NC1CCN(C(=O)c2ccn(C)n2)CC1. The third kappa shape index (κ3) is 3.41. The molecule has 0 radical (unpaired) electrons. The Balaban J connectivity index is 1.57. The van der Waals surface area contributed by atoms with E-state index in [-0.39, 0.29) is 11.9 Å². The summed E-state index contributed by atoms with van der Waals surface area (Å²) in [6.45, 7) is 1.38. The van der Waals surface area contributed by atoms with Crippen LogP contribution in [-0.4, -0.2) is 56.8 Å². The maximum absolute atomic E-state index is 12.4. The van der Waals surface area contributed by atoms with Crippen LogP contribution in [-0.2, 0) is 7.05 Å². The second kappa shape index (κ2) is 6.64. The molecule has 2 aromatic rings. The number of hydrogen-bond donors (Lipinski definition) is 1. The highest BCUT2D eigenvalue weighted by Crippen LogP contribution is 2.21. The number of anilines is 1. The fourth-order valence-corrected chi connectivity index (χ4v) is 2.69. The molecular formula is C15H20N6O2. The number of rotatable bonds is 4. The number of hydrogen-bond acceptors (Lipinski definition) is 6. The van der Waals surface area contributed by atoms with Crippen LogP contribution >= 0.6 is 0 Å². The first-order valence-corrected chi connectivity index (χ1v) is 7.58. The standard InChI is InChI=1S/C15H20N6O2/c1-20-8-5-12(19-20)15(22)21-9-3-11(4-10-21)18-13-14(23-2)17-7-6-16-13/h5-8,11H,3-4,9-10H2,1-2H3,(H,16,18). The molecule has 8 heteroatoms. The lowest BCUT2D eigenvalue weighted by atomic mass is 10.0. The number of methoxy groups -OCH3 is 1. The Kier molecular flexibility index (Phi) is 4.40. The lowest BCUT2D eigenvalue weighted by molar-refractivity contribution is 0.0711. The van der Waals surface area contributed by atoms with E-state index in [1.807, 2.05) is 4.90 Å². The van der Waals surface area contributed by atoms with Crippen molar-refractivity contribution in [2.45, 2.75) is 18.9 Å². The van der Waals surface area contributed by atoms with Gasteiger partial charge >= 0.3 is 0 Å². The number of ether oxygens (including phenoxy) is 1. The van der Waals surface area contributed by atoms with Crippen molar-refractivity contribution in [3.05, 3.63) is 30.4 Å². The molecule has 0 unspecified atom stereocenters. The summed E-state index contributed by atoms with van der Waals surface area (Å²) < 4.78 is 6.84. The van der Waals surface area contributed by atoms with Crippen LogP contribution in [0.1, 0.15) is 23.3 Å². The second-order valence-corrected chi connectivity index (χ2v) is 5.50. The molecule has 1 aliphatic rings. The Morgan fingerprint density at radius 2 is 2.04 bits per heavy atom. The van der Waals surface area contributed by atoms with Crippen LogP contribution in [0.3, 0.4) is 0 Å². The molecule has 1 saturated heterocycles. The van der Waals surface area contributed by atoms with Crippen molar-refractivity contribution in [2.75, 3.05) is 25.5 Å². The Hall–Kier alpha value is -2.64. The normalized spacial score (nSPS) is 15.5. The molecule has 122 valence electrons. The van der Waals surface area contributed by atoms with Crippen molar-refractivity contribution in [1.29, 1.82) is 0 Å². The molecule has 1 aliphatic heterocycles. The van der Waals surface area contributed by atoms with Crippen LogP contribution in [0.5, 0.6) is 5.88 Å². The summed E-state index contributed by atoms with van der Waals surface area (Å²) in [4.78, 5) is 22.6. The molecule has 1 N–H and O–H groups in total. The average Bonchev–Trinajstić information content (AvgIpc) is 3.02. The maximum atomic E-state index is 12.4. The van der Waals surface area contributed by atoms with E-state index in [9.17, 15) is 4.79 Å². The molecule has 0 bridgehead atoms. The summed E-state index contributed by atoms with van der Waals surface area (Å²) in [5, 5.41) is 7.52. The Morgan fingerprint density at radius 1 is 1.30 bits per heavy atom. The van der Waals surface area contributed by atoms with Crippen LogP contribution in [0, 0.1) is 0 Å². The van der Waals surface area contributed by atoms with Gasteiger partial charge in [0.25, 0.3) is 11.8 Å². The number of likely N-dealkylation sites (tertiary alicyclic amines) is 1. The van der Waals surface area contributed by atoms with E-state index >= 15 is 0 Å². The van der Waals surface area contributed by atoms with Gasteiger partial charge in [-0.3, -0.25) is 9.48 Å². The highest BCUT2D eigenvalue weighted by Gasteiger charge is 2.25. The summed E-state index contributed by atoms with van der Waals surface area (Å²) >= 11 is 0. The summed E-state index contributed by atoms with van der Waals surface area (Å²) in [7, 11) is 3.38. The van der Waals surface area contributed by atoms with Gasteiger partial charge < -0.3 is 15.0 Å². The third-order valence-corrected chi connectivity index (χ3v) is 3.91.